The quantitative estimate of drug-likeness (QED) is 0.786. The van der Waals surface area contributed by atoms with Gasteiger partial charge in [-0.1, -0.05) is 67.6 Å². The molecule has 0 saturated carbocycles. The van der Waals surface area contributed by atoms with Crippen molar-refractivity contribution in [2.45, 2.75) is 24.5 Å². The van der Waals surface area contributed by atoms with Gasteiger partial charge in [-0.05, 0) is 23.5 Å². The summed E-state index contributed by atoms with van der Waals surface area (Å²) in [5.41, 5.74) is 2.36. The zero-order valence-electron chi connectivity index (χ0n) is 12.2. The Morgan fingerprint density at radius 2 is 1.62 bits per heavy atom. The third-order valence-corrected chi connectivity index (χ3v) is 3.94. The Balaban J connectivity index is 1.81. The summed E-state index contributed by atoms with van der Waals surface area (Å²) in [4.78, 5) is 12.1. The Labute approximate surface area is 132 Å². The van der Waals surface area contributed by atoms with Crippen molar-refractivity contribution in [1.82, 2.24) is 5.32 Å². The minimum absolute atomic E-state index is 0.00929. The summed E-state index contributed by atoms with van der Waals surface area (Å²) in [6.07, 6.45) is 0.648. The van der Waals surface area contributed by atoms with Crippen molar-refractivity contribution in [2.75, 3.05) is 6.54 Å². The molecule has 110 valence electrons. The smallest absolute Gasteiger partial charge is 0.233 e. The van der Waals surface area contributed by atoms with Gasteiger partial charge < -0.3 is 5.32 Å². The number of hydrogen-bond donors (Lipinski definition) is 2. The standard InChI is InChI=1S/C18H21NOS/c1-14(16-10-6-3-7-11-16)13-19-18(20)17(21)12-15-8-4-2-5-9-15/h2-11,14,17,21H,12-13H2,1H3,(H,19,20). The number of thiol groups is 1. The normalized spacial score (nSPS) is 13.4. The summed E-state index contributed by atoms with van der Waals surface area (Å²) < 4.78 is 0. The van der Waals surface area contributed by atoms with Gasteiger partial charge >= 0.3 is 0 Å². The highest BCUT2D eigenvalue weighted by Crippen LogP contribution is 2.14. The predicted octanol–water partition coefficient (Wildman–Crippen LogP) is 3.45. The lowest BCUT2D eigenvalue weighted by molar-refractivity contribution is -0.120. The summed E-state index contributed by atoms with van der Waals surface area (Å²) in [7, 11) is 0. The lowest BCUT2D eigenvalue weighted by atomic mass is 10.0. The van der Waals surface area contributed by atoms with Gasteiger partial charge in [-0.15, -0.1) is 0 Å². The van der Waals surface area contributed by atoms with Gasteiger partial charge in [0.1, 0.15) is 0 Å². The first-order valence-electron chi connectivity index (χ1n) is 7.21. The zero-order valence-corrected chi connectivity index (χ0v) is 13.1. The van der Waals surface area contributed by atoms with E-state index in [2.05, 4.69) is 37.0 Å². The van der Waals surface area contributed by atoms with E-state index in [1.807, 2.05) is 48.5 Å². The van der Waals surface area contributed by atoms with Gasteiger partial charge in [0.25, 0.3) is 0 Å². The molecule has 0 heterocycles. The van der Waals surface area contributed by atoms with E-state index in [-0.39, 0.29) is 11.2 Å². The number of nitrogens with one attached hydrogen (secondary N) is 1. The van der Waals surface area contributed by atoms with E-state index in [1.165, 1.54) is 5.56 Å². The molecule has 0 aliphatic heterocycles. The van der Waals surface area contributed by atoms with Crippen LogP contribution in [0.15, 0.2) is 60.7 Å². The highest BCUT2D eigenvalue weighted by Gasteiger charge is 2.15. The maximum absolute atomic E-state index is 12.1. The fourth-order valence-corrected chi connectivity index (χ4v) is 2.50. The first-order valence-corrected chi connectivity index (χ1v) is 7.73. The largest absolute Gasteiger partial charge is 0.355 e. The summed E-state index contributed by atoms with van der Waals surface area (Å²) in [5.74, 6) is 0.289. The number of carbonyl (C=O) groups is 1. The molecule has 0 aromatic heterocycles. The second-order valence-corrected chi connectivity index (χ2v) is 5.89. The molecule has 3 heteroatoms. The van der Waals surface area contributed by atoms with Crippen molar-refractivity contribution >= 4 is 18.5 Å². The third kappa shape index (κ3) is 4.94. The van der Waals surface area contributed by atoms with E-state index in [0.29, 0.717) is 18.9 Å². The van der Waals surface area contributed by atoms with E-state index in [4.69, 9.17) is 0 Å². The average molecular weight is 299 g/mol. The number of amides is 1. The van der Waals surface area contributed by atoms with Crippen LogP contribution < -0.4 is 5.32 Å². The van der Waals surface area contributed by atoms with Crippen LogP contribution in [0.25, 0.3) is 0 Å². The van der Waals surface area contributed by atoms with Gasteiger partial charge in [-0.2, -0.15) is 12.6 Å². The summed E-state index contributed by atoms with van der Waals surface area (Å²) >= 11 is 4.41. The van der Waals surface area contributed by atoms with Crippen LogP contribution in [0.1, 0.15) is 24.0 Å². The van der Waals surface area contributed by atoms with Gasteiger partial charge in [-0.25, -0.2) is 0 Å². The number of hydrogen-bond acceptors (Lipinski definition) is 2. The topological polar surface area (TPSA) is 29.1 Å². The van der Waals surface area contributed by atoms with Crippen LogP contribution in [-0.4, -0.2) is 17.7 Å². The fourth-order valence-electron chi connectivity index (χ4n) is 2.20. The van der Waals surface area contributed by atoms with Crippen molar-refractivity contribution in [3.05, 3.63) is 71.8 Å². The molecule has 0 spiro atoms. The van der Waals surface area contributed by atoms with Gasteiger partial charge in [0.15, 0.2) is 0 Å². The van der Waals surface area contributed by atoms with Crippen LogP contribution in [0.2, 0.25) is 0 Å². The minimum Gasteiger partial charge on any atom is -0.355 e. The van der Waals surface area contributed by atoms with E-state index in [0.717, 1.165) is 5.56 Å². The molecule has 0 aliphatic rings. The Morgan fingerprint density at radius 3 is 2.24 bits per heavy atom. The maximum Gasteiger partial charge on any atom is 0.233 e. The molecule has 0 radical (unpaired) electrons. The summed E-state index contributed by atoms with van der Waals surface area (Å²) in [6, 6.07) is 20.2. The Hall–Kier alpha value is -1.74. The third-order valence-electron chi connectivity index (χ3n) is 3.53. The lowest BCUT2D eigenvalue weighted by Crippen LogP contribution is -2.35. The average Bonchev–Trinajstić information content (AvgIpc) is 2.54. The van der Waals surface area contributed by atoms with E-state index < -0.39 is 0 Å². The number of rotatable bonds is 6. The maximum atomic E-state index is 12.1. The minimum atomic E-state index is -0.310. The first-order chi connectivity index (χ1) is 10.2. The Morgan fingerprint density at radius 1 is 1.05 bits per heavy atom. The molecule has 21 heavy (non-hydrogen) atoms. The van der Waals surface area contributed by atoms with Crippen LogP contribution in [0.4, 0.5) is 0 Å². The number of benzene rings is 2. The molecule has 2 nitrogen and oxygen atoms in total. The van der Waals surface area contributed by atoms with E-state index in [1.54, 1.807) is 0 Å². The molecule has 2 aromatic carbocycles. The van der Waals surface area contributed by atoms with Crippen LogP contribution >= 0.6 is 12.6 Å². The molecule has 0 saturated heterocycles. The molecule has 0 bridgehead atoms. The SMILES string of the molecule is CC(CNC(=O)C(S)Cc1ccccc1)c1ccccc1. The van der Waals surface area contributed by atoms with Crippen molar-refractivity contribution in [1.29, 1.82) is 0 Å². The van der Waals surface area contributed by atoms with Crippen molar-refractivity contribution in [3.8, 4) is 0 Å². The zero-order chi connectivity index (χ0) is 15.1. The summed E-state index contributed by atoms with van der Waals surface area (Å²) in [5, 5.41) is 2.68. The molecule has 2 unspecified atom stereocenters. The molecule has 0 fully saturated rings. The van der Waals surface area contributed by atoms with E-state index >= 15 is 0 Å². The predicted molar refractivity (Wildman–Crippen MR) is 90.8 cm³/mol. The molecule has 1 amide bonds. The second kappa shape index (κ2) is 7.89. The number of carbonyl (C=O) groups excluding carboxylic acids is 1. The molecular weight excluding hydrogens is 278 g/mol. The molecular formula is C18H21NOS. The van der Waals surface area contributed by atoms with Gasteiger partial charge in [-0.3, -0.25) is 4.79 Å². The second-order valence-electron chi connectivity index (χ2n) is 5.26. The van der Waals surface area contributed by atoms with E-state index in [9.17, 15) is 4.79 Å². The fraction of sp³-hybridized carbons (Fsp3) is 0.278. The van der Waals surface area contributed by atoms with Crippen molar-refractivity contribution in [3.63, 3.8) is 0 Å². The molecule has 0 aliphatic carbocycles. The molecule has 2 atom stereocenters. The highest BCUT2D eigenvalue weighted by atomic mass is 32.1. The van der Waals surface area contributed by atoms with Crippen LogP contribution in [0.3, 0.4) is 0 Å². The summed E-state index contributed by atoms with van der Waals surface area (Å²) in [6.45, 7) is 2.75. The Bertz CT molecular complexity index is 556. The van der Waals surface area contributed by atoms with Crippen LogP contribution in [-0.2, 0) is 11.2 Å². The van der Waals surface area contributed by atoms with Gasteiger partial charge in [0.05, 0.1) is 5.25 Å². The monoisotopic (exact) mass is 299 g/mol. The lowest BCUT2D eigenvalue weighted by Gasteiger charge is -2.16. The van der Waals surface area contributed by atoms with Crippen molar-refractivity contribution in [2.24, 2.45) is 0 Å². The highest BCUT2D eigenvalue weighted by molar-refractivity contribution is 7.81. The van der Waals surface area contributed by atoms with Gasteiger partial charge in [0, 0.05) is 6.54 Å². The van der Waals surface area contributed by atoms with Crippen LogP contribution in [0.5, 0.6) is 0 Å². The molecule has 2 aromatic rings. The van der Waals surface area contributed by atoms with Gasteiger partial charge in [0.2, 0.25) is 5.91 Å². The molecule has 1 N–H and O–H groups in total. The van der Waals surface area contributed by atoms with Crippen LogP contribution in [0, 0.1) is 0 Å². The van der Waals surface area contributed by atoms with Crippen molar-refractivity contribution < 1.29 is 4.79 Å². The molecule has 2 rings (SSSR count). The first kappa shape index (κ1) is 15.6. The Kier molecular flexibility index (Phi) is 5.88.